The molecular weight excluding hydrogens is 563 g/mol. The number of amides is 2. The smallest absolute Gasteiger partial charge is 0.315 e. The topological polar surface area (TPSA) is 188 Å². The molecule has 0 saturated carbocycles. The number of nitrogens with two attached hydrogens (primary N) is 1. The second-order valence-corrected chi connectivity index (χ2v) is 8.82. The lowest BCUT2D eigenvalue weighted by Crippen LogP contribution is -2.51. The van der Waals surface area contributed by atoms with Crippen molar-refractivity contribution in [2.45, 2.75) is 6.92 Å². The van der Waals surface area contributed by atoms with Gasteiger partial charge in [-0.05, 0) is 67.6 Å². The van der Waals surface area contributed by atoms with E-state index in [2.05, 4.69) is 21.2 Å². The molecule has 4 aromatic rings. The molecule has 0 aliphatic rings. The maximum atomic E-state index is 12.5. The van der Waals surface area contributed by atoms with Crippen LogP contribution in [-0.4, -0.2) is 35.4 Å². The Hall–Kier alpha value is -4.94. The maximum absolute atomic E-state index is 12.5. The van der Waals surface area contributed by atoms with Gasteiger partial charge in [0, 0.05) is 10.0 Å². The Labute approximate surface area is 237 Å². The minimum atomic E-state index is -0.842. The second kappa shape index (κ2) is 12.3. The summed E-state index contributed by atoms with van der Waals surface area (Å²) >= 11 is 12.0. The highest BCUT2D eigenvalue weighted by atomic mass is 35.5. The summed E-state index contributed by atoms with van der Waals surface area (Å²) in [5.41, 5.74) is 11.1. The molecule has 2 amide bonds. The van der Waals surface area contributed by atoms with E-state index in [-0.39, 0.29) is 23.0 Å². The third-order valence-corrected chi connectivity index (χ3v) is 5.62. The molecule has 7 N–H and O–H groups in total. The molecule has 12 nitrogen and oxygen atoms in total. The fraction of sp³-hybridized carbons (Fsp3) is 0.0769. The number of hydrogen-bond acceptors (Lipinski definition) is 7. The summed E-state index contributed by atoms with van der Waals surface area (Å²) in [6.45, 7) is 2.26. The van der Waals surface area contributed by atoms with Gasteiger partial charge in [0.25, 0.3) is 5.91 Å². The third kappa shape index (κ3) is 6.73. The average molecular weight is 585 g/mol. The van der Waals surface area contributed by atoms with Crippen molar-refractivity contribution in [2.75, 3.05) is 6.61 Å². The molecule has 0 aliphatic carbocycles. The van der Waals surface area contributed by atoms with E-state index in [1.54, 1.807) is 24.3 Å². The number of hydrazine groups is 1. The van der Waals surface area contributed by atoms with Gasteiger partial charge in [0.2, 0.25) is 11.9 Å². The lowest BCUT2D eigenvalue weighted by atomic mass is 10.1. The van der Waals surface area contributed by atoms with Crippen molar-refractivity contribution in [2.24, 2.45) is 10.7 Å². The fourth-order valence-electron chi connectivity index (χ4n) is 3.41. The Morgan fingerprint density at radius 3 is 2.30 bits per heavy atom. The first-order valence-corrected chi connectivity index (χ1v) is 12.3. The standard InChI is InChI=1S/C26H22Cl2N6O6/c1-2-38-18-6-4-14(28)12-16(18)20-8-10-22(40-20)24(37)32-26(30)34-33-25(29)31-23(36)21-9-7-19(39-21)15-11-13(27)3-5-17(15)35/h3-12,35H,2H2,1H3,(H3,29,31,33,36)(H3,30,32,34,37). The molecule has 2 aromatic carbocycles. The van der Waals surface area contributed by atoms with Crippen LogP contribution in [0.4, 0.5) is 0 Å². The van der Waals surface area contributed by atoms with Crippen LogP contribution in [0.5, 0.6) is 11.5 Å². The molecule has 2 heterocycles. The Kier molecular flexibility index (Phi) is 8.62. The zero-order chi connectivity index (χ0) is 28.8. The summed E-state index contributed by atoms with van der Waals surface area (Å²) in [4.78, 5) is 28.5. The molecule has 0 unspecified atom stereocenters. The Bertz CT molecular complexity index is 1610. The highest BCUT2D eigenvalue weighted by Crippen LogP contribution is 2.34. The molecule has 0 radical (unpaired) electrons. The zero-order valence-electron chi connectivity index (χ0n) is 20.7. The van der Waals surface area contributed by atoms with Crippen molar-refractivity contribution in [1.29, 1.82) is 5.41 Å². The second-order valence-electron chi connectivity index (χ2n) is 7.94. The van der Waals surface area contributed by atoms with Crippen molar-refractivity contribution in [1.82, 2.24) is 16.2 Å². The zero-order valence-corrected chi connectivity index (χ0v) is 22.3. The number of nitrogens with zero attached hydrogens (tertiary/aromatic N) is 1. The molecule has 0 spiro atoms. The minimum absolute atomic E-state index is 0.0832. The molecule has 0 aliphatic heterocycles. The van der Waals surface area contributed by atoms with Gasteiger partial charge in [0.05, 0.1) is 17.7 Å². The van der Waals surface area contributed by atoms with Gasteiger partial charge in [-0.25, -0.2) is 0 Å². The summed E-state index contributed by atoms with van der Waals surface area (Å²) < 4.78 is 16.7. The van der Waals surface area contributed by atoms with Crippen molar-refractivity contribution >= 4 is 46.9 Å². The van der Waals surface area contributed by atoms with Crippen LogP contribution in [0.3, 0.4) is 0 Å². The van der Waals surface area contributed by atoms with Crippen LogP contribution in [-0.2, 0) is 0 Å². The molecule has 206 valence electrons. The summed E-state index contributed by atoms with van der Waals surface area (Å²) in [6, 6.07) is 15.2. The third-order valence-electron chi connectivity index (χ3n) is 5.15. The molecule has 4 rings (SSSR count). The van der Waals surface area contributed by atoms with Crippen LogP contribution < -0.4 is 26.6 Å². The lowest BCUT2D eigenvalue weighted by molar-refractivity contribution is 0.0946. The number of carbonyl (C=O) groups excluding carboxylic acids is 2. The average Bonchev–Trinajstić information content (AvgIpc) is 3.61. The van der Waals surface area contributed by atoms with E-state index in [1.165, 1.54) is 36.4 Å². The molecule has 14 heteroatoms. The van der Waals surface area contributed by atoms with E-state index < -0.39 is 23.7 Å². The first-order valence-electron chi connectivity index (χ1n) is 11.6. The Balaban J connectivity index is 1.33. The van der Waals surface area contributed by atoms with Crippen molar-refractivity contribution < 1.29 is 28.3 Å². The number of phenols is 1. The van der Waals surface area contributed by atoms with Crippen LogP contribution in [0.2, 0.25) is 10.0 Å². The van der Waals surface area contributed by atoms with Crippen LogP contribution in [0, 0.1) is 5.41 Å². The number of furan rings is 2. The summed E-state index contributed by atoms with van der Waals surface area (Å²) in [7, 11) is 0. The summed E-state index contributed by atoms with van der Waals surface area (Å²) in [5.74, 6) is -1.77. The van der Waals surface area contributed by atoms with Crippen LogP contribution >= 0.6 is 23.2 Å². The van der Waals surface area contributed by atoms with Crippen LogP contribution in [0.25, 0.3) is 22.6 Å². The van der Waals surface area contributed by atoms with Gasteiger partial charge in [-0.3, -0.25) is 31.2 Å². The number of carbonyl (C=O) groups is 2. The number of ether oxygens (including phenoxy) is 1. The molecular formula is C26H22Cl2N6O6. The molecule has 40 heavy (non-hydrogen) atoms. The minimum Gasteiger partial charge on any atom is -0.507 e. The highest BCUT2D eigenvalue weighted by Gasteiger charge is 2.18. The number of hydrogen-bond donors (Lipinski definition) is 6. The first kappa shape index (κ1) is 28.1. The van der Waals surface area contributed by atoms with Gasteiger partial charge >= 0.3 is 5.91 Å². The van der Waals surface area contributed by atoms with Gasteiger partial charge in [0.1, 0.15) is 23.0 Å². The van der Waals surface area contributed by atoms with Crippen molar-refractivity contribution in [3.05, 3.63) is 82.2 Å². The predicted octanol–water partition coefficient (Wildman–Crippen LogP) is 4.53. The number of rotatable bonds is 6. The van der Waals surface area contributed by atoms with E-state index in [1.807, 2.05) is 6.92 Å². The number of aliphatic imine (C=N–C) groups is 1. The van der Waals surface area contributed by atoms with Gasteiger partial charge < -0.3 is 24.4 Å². The van der Waals surface area contributed by atoms with E-state index >= 15 is 0 Å². The summed E-state index contributed by atoms with van der Waals surface area (Å²) in [5, 5.41) is 21.0. The van der Waals surface area contributed by atoms with Gasteiger partial charge in [-0.1, -0.05) is 23.2 Å². The Morgan fingerprint density at radius 2 is 1.57 bits per heavy atom. The number of halogens is 2. The molecule has 0 saturated heterocycles. The van der Waals surface area contributed by atoms with Gasteiger partial charge in [-0.2, -0.15) is 4.99 Å². The van der Waals surface area contributed by atoms with Crippen LogP contribution in [0.15, 0.2) is 74.5 Å². The van der Waals surface area contributed by atoms with Crippen LogP contribution in [0.1, 0.15) is 28.0 Å². The first-order chi connectivity index (χ1) is 19.1. The largest absolute Gasteiger partial charge is 0.507 e. The van der Waals surface area contributed by atoms with Gasteiger partial charge in [0.15, 0.2) is 11.5 Å². The number of nitrogens with one attached hydrogen (secondary N) is 4. The summed E-state index contributed by atoms with van der Waals surface area (Å²) in [6.07, 6.45) is 0. The number of aromatic hydroxyl groups is 1. The fourth-order valence-corrected chi connectivity index (χ4v) is 3.75. The molecule has 0 bridgehead atoms. The van der Waals surface area contributed by atoms with E-state index in [0.29, 0.717) is 39.3 Å². The lowest BCUT2D eigenvalue weighted by Gasteiger charge is -2.10. The SMILES string of the molecule is CCOc1ccc(Cl)cc1-c1ccc(C(=O)NC(=N)NNC(N)=NC(=O)c2ccc(-c3cc(Cl)ccc3O)o2)o1. The maximum Gasteiger partial charge on any atom is 0.315 e. The normalized spacial score (nSPS) is 11.1. The Morgan fingerprint density at radius 1 is 0.950 bits per heavy atom. The molecule has 0 atom stereocenters. The predicted molar refractivity (Wildman–Crippen MR) is 149 cm³/mol. The number of phenolic OH excluding ortho intramolecular Hbond substituents is 1. The van der Waals surface area contributed by atoms with E-state index in [0.717, 1.165) is 0 Å². The molecule has 0 fully saturated rings. The highest BCUT2D eigenvalue weighted by molar-refractivity contribution is 6.31. The van der Waals surface area contributed by atoms with E-state index in [9.17, 15) is 14.7 Å². The monoisotopic (exact) mass is 584 g/mol. The quantitative estimate of drug-likeness (QED) is 0.107. The molecule has 2 aromatic heterocycles. The van der Waals surface area contributed by atoms with Crippen molar-refractivity contribution in [3.63, 3.8) is 0 Å². The van der Waals surface area contributed by atoms with Gasteiger partial charge in [-0.15, -0.1) is 0 Å². The number of benzene rings is 2. The van der Waals surface area contributed by atoms with Crippen molar-refractivity contribution in [3.8, 4) is 34.1 Å². The van der Waals surface area contributed by atoms with E-state index in [4.69, 9.17) is 47.9 Å². The number of guanidine groups is 2.